The summed E-state index contributed by atoms with van der Waals surface area (Å²) >= 11 is 11.4. The van der Waals surface area contributed by atoms with Crippen molar-refractivity contribution in [3.05, 3.63) is 164 Å². The lowest BCUT2D eigenvalue weighted by molar-refractivity contribution is 0.0581. The van der Waals surface area contributed by atoms with Gasteiger partial charge in [-0.15, -0.1) is 6.42 Å². The van der Waals surface area contributed by atoms with Crippen molar-refractivity contribution in [3.63, 3.8) is 0 Å². The molecule has 28 heteroatoms. The number of pyridine rings is 4. The van der Waals surface area contributed by atoms with Crippen molar-refractivity contribution < 1.29 is 83.8 Å². The Morgan fingerprint density at radius 2 is 0.724 bits per heavy atom. The first kappa shape index (κ1) is 67.0. The number of terminal acetylenes is 1. The van der Waals surface area contributed by atoms with E-state index in [2.05, 4.69) is 44.8 Å². The summed E-state index contributed by atoms with van der Waals surface area (Å²) < 4.78 is 109. The van der Waals surface area contributed by atoms with Crippen LogP contribution in [0.25, 0.3) is 45.0 Å². The van der Waals surface area contributed by atoms with Crippen molar-refractivity contribution in [1.29, 1.82) is 0 Å². The fraction of sp³-hybridized carbons (Fsp3) is 0.136. The highest BCUT2D eigenvalue weighted by Crippen LogP contribution is 2.39. The molecule has 8 rings (SSSR count). The summed E-state index contributed by atoms with van der Waals surface area (Å²) in [7, 11) is 9.65. The Hall–Kier alpha value is -10.8. The summed E-state index contributed by atoms with van der Waals surface area (Å²) in [5.41, 5.74) is 22.1. The van der Waals surface area contributed by atoms with Gasteiger partial charge in [-0.2, -0.15) is 0 Å². The van der Waals surface area contributed by atoms with Crippen molar-refractivity contribution in [2.75, 3.05) is 79.8 Å². The number of esters is 4. The lowest BCUT2D eigenvalue weighted by Crippen LogP contribution is -2.12. The van der Waals surface area contributed by atoms with Gasteiger partial charge in [-0.3, -0.25) is 4.79 Å². The fourth-order valence-electron chi connectivity index (χ4n) is 7.49. The van der Waals surface area contributed by atoms with Gasteiger partial charge in [-0.1, -0.05) is 83.7 Å². The van der Waals surface area contributed by atoms with Crippen molar-refractivity contribution in [2.45, 2.75) is 0 Å². The minimum atomic E-state index is -0.939. The Kier molecular flexibility index (Phi) is 23.2. The van der Waals surface area contributed by atoms with Crippen molar-refractivity contribution >= 4 is 76.1 Å². The Morgan fingerprint density at radius 3 is 0.989 bits per heavy atom. The molecule has 0 saturated carbocycles. The van der Waals surface area contributed by atoms with Gasteiger partial charge in [0.05, 0.1) is 61.9 Å². The zero-order valence-electron chi connectivity index (χ0n) is 46.9. The number of carbonyl (C=O) groups excluding carboxylic acids is 5. The number of rotatable bonds is 13. The van der Waals surface area contributed by atoms with Crippen molar-refractivity contribution in [1.82, 2.24) is 19.9 Å². The minimum absolute atomic E-state index is 0.0684. The molecule has 452 valence electrons. The molecule has 0 aliphatic heterocycles. The average Bonchev–Trinajstić information content (AvgIpc) is 2.21. The molecule has 4 heterocycles. The molecule has 4 aromatic heterocycles. The monoisotopic (exact) mass is 1240 g/mol. The van der Waals surface area contributed by atoms with E-state index in [9.17, 15) is 45.9 Å². The second-order valence-corrected chi connectivity index (χ2v) is 17.7. The number of aromatic nitrogens is 4. The molecule has 0 aliphatic carbocycles. The van der Waals surface area contributed by atoms with E-state index in [1.807, 2.05) is 0 Å². The number of anilines is 4. The summed E-state index contributed by atoms with van der Waals surface area (Å²) in [6.07, 6.45) is 5.94. The number of hydrogen-bond donors (Lipinski definition) is 4. The normalized spacial score (nSPS) is 10.2. The van der Waals surface area contributed by atoms with Gasteiger partial charge in [0.2, 0.25) is 0 Å². The first-order chi connectivity index (χ1) is 41.4. The topological polar surface area (TPSA) is 315 Å². The molecule has 0 amide bonds. The maximum atomic E-state index is 14.4. The van der Waals surface area contributed by atoms with Gasteiger partial charge in [-0.05, 0) is 36.4 Å². The van der Waals surface area contributed by atoms with Crippen LogP contribution in [-0.4, -0.2) is 107 Å². The number of ether oxygens (including phenoxy) is 8. The van der Waals surface area contributed by atoms with Crippen LogP contribution in [0.2, 0.25) is 10.0 Å². The van der Waals surface area contributed by atoms with Crippen molar-refractivity contribution in [2.24, 2.45) is 0 Å². The molecule has 0 atom stereocenters. The molecule has 0 radical (unpaired) electrons. The predicted molar refractivity (Wildman–Crippen MR) is 311 cm³/mol. The highest BCUT2D eigenvalue weighted by molar-refractivity contribution is 6.31. The van der Waals surface area contributed by atoms with Crippen LogP contribution in [0.5, 0.6) is 23.0 Å². The molecular formula is C59H49Cl2F5N8O13. The van der Waals surface area contributed by atoms with Gasteiger partial charge in [0.25, 0.3) is 0 Å². The molecule has 87 heavy (non-hydrogen) atoms. The Morgan fingerprint density at radius 1 is 0.448 bits per heavy atom. The lowest BCUT2D eigenvalue weighted by Gasteiger charge is -2.13. The molecule has 0 bridgehead atoms. The summed E-state index contributed by atoms with van der Waals surface area (Å²) in [6.45, 7) is 0. The van der Waals surface area contributed by atoms with E-state index in [0.717, 1.165) is 13.2 Å². The Bertz CT molecular complexity index is 3950. The maximum Gasteiger partial charge on any atom is 0.360 e. The first-order valence-corrected chi connectivity index (χ1v) is 25.0. The standard InChI is InChI=1S/C16H13FN2O3.C15H13FN2O4.C14H11ClF2N2O3.C14H12ClFN2O3/c1-4-9-5-7-10(8-6-9)13-11(17)12(18)15(21-2)14(19-13)16(20)22-3;1-21-14-11(17)10(16)12(18-13(14)15(20)22-2)9-5-3-8(7-19)4-6-9;1-21-13-10(18)9(17)11(19-12(13)14(20)22-2)6-3-4-7(15)8(16)5-6;1-20-13-10(17)9(16)11(18-12(13)14(19)21-2)7-3-5-8(15)6-4-7/h1,5-8H,2-3H3,(H2,18,19);3-7H,1-2H3,(H2,17,18);3-5H,1-2H3,(H2,18,19);3-6H,1-2H3,(H2,17,18). The smallest absolute Gasteiger partial charge is 0.360 e. The first-order valence-electron chi connectivity index (χ1n) is 24.2. The third-order valence-corrected chi connectivity index (χ3v) is 12.4. The summed E-state index contributed by atoms with van der Waals surface area (Å²) in [4.78, 5) is 73.4. The number of nitrogens with zero attached hydrogens (tertiary/aromatic N) is 4. The van der Waals surface area contributed by atoms with Crippen LogP contribution in [0, 0.1) is 41.4 Å². The van der Waals surface area contributed by atoms with Crippen molar-refractivity contribution in [3.8, 4) is 80.4 Å². The largest absolute Gasteiger partial charge is 0.492 e. The van der Waals surface area contributed by atoms with E-state index < -0.39 is 58.7 Å². The van der Waals surface area contributed by atoms with Crippen LogP contribution in [0.1, 0.15) is 57.9 Å². The van der Waals surface area contributed by atoms with Crippen LogP contribution in [0.4, 0.5) is 44.7 Å². The van der Waals surface area contributed by atoms with Gasteiger partial charge in [0, 0.05) is 38.4 Å². The Labute approximate surface area is 502 Å². The van der Waals surface area contributed by atoms with Gasteiger partial charge < -0.3 is 60.8 Å². The molecule has 0 unspecified atom stereocenters. The molecule has 0 fully saturated rings. The lowest BCUT2D eigenvalue weighted by atomic mass is 10.1. The van der Waals surface area contributed by atoms with Crippen LogP contribution < -0.4 is 41.9 Å². The van der Waals surface area contributed by atoms with E-state index in [4.69, 9.17) is 71.5 Å². The van der Waals surface area contributed by atoms with E-state index in [1.54, 1.807) is 48.5 Å². The van der Waals surface area contributed by atoms with Gasteiger partial charge in [0.15, 0.2) is 69.0 Å². The second-order valence-electron chi connectivity index (χ2n) is 16.8. The zero-order valence-corrected chi connectivity index (χ0v) is 48.4. The Balaban J connectivity index is 0.000000212. The molecule has 0 saturated heterocycles. The van der Waals surface area contributed by atoms with E-state index in [-0.39, 0.29) is 96.2 Å². The SMILES string of the molecule is C#Cc1ccc(-c2nc(C(=O)OC)c(OC)c(N)c2F)cc1.COC(=O)c1nc(-c2ccc(C=O)cc2)c(F)c(N)c1OC.COC(=O)c1nc(-c2ccc(Cl)c(F)c2)c(F)c(N)c1OC.COC(=O)c1nc(-c2ccc(Cl)cc2)c(F)c(N)c1OC. The van der Waals surface area contributed by atoms with Crippen LogP contribution >= 0.6 is 23.2 Å². The highest BCUT2D eigenvalue weighted by Gasteiger charge is 2.29. The third-order valence-electron chi connectivity index (χ3n) is 11.8. The summed E-state index contributed by atoms with van der Waals surface area (Å²) in [5, 5.41) is 0.368. The van der Waals surface area contributed by atoms with Gasteiger partial charge in [-0.25, -0.2) is 61.1 Å². The molecule has 4 aromatic carbocycles. The van der Waals surface area contributed by atoms with Crippen LogP contribution in [0.15, 0.2) is 91.0 Å². The molecule has 0 spiro atoms. The maximum absolute atomic E-state index is 14.4. The van der Waals surface area contributed by atoms with Gasteiger partial charge in [0.1, 0.15) is 57.6 Å². The van der Waals surface area contributed by atoms with Crippen LogP contribution in [-0.2, 0) is 18.9 Å². The number of nitrogens with two attached hydrogens (primary N) is 4. The second kappa shape index (κ2) is 30.2. The summed E-state index contributed by atoms with van der Waals surface area (Å²) in [6, 6.07) is 22.3. The number of benzene rings is 4. The molecular weight excluding hydrogens is 1190 g/mol. The average molecular weight is 1240 g/mol. The highest BCUT2D eigenvalue weighted by atomic mass is 35.5. The summed E-state index contributed by atoms with van der Waals surface area (Å²) in [5.74, 6) is -5.56. The van der Waals surface area contributed by atoms with Gasteiger partial charge >= 0.3 is 23.9 Å². The number of halogens is 7. The molecule has 21 nitrogen and oxygen atoms in total. The molecule has 8 aromatic rings. The van der Waals surface area contributed by atoms with E-state index in [1.165, 1.54) is 86.2 Å². The van der Waals surface area contributed by atoms with Crippen LogP contribution in [0.3, 0.4) is 0 Å². The van der Waals surface area contributed by atoms with E-state index in [0.29, 0.717) is 39.1 Å². The number of carbonyl (C=O) groups is 5. The predicted octanol–water partition coefficient (Wildman–Crippen LogP) is 10.3. The number of methoxy groups -OCH3 is 8. The molecule has 8 N–H and O–H groups in total. The number of nitrogen functional groups attached to an aromatic ring is 4. The van der Waals surface area contributed by atoms with E-state index >= 15 is 0 Å². The fourth-order valence-corrected chi connectivity index (χ4v) is 7.74. The number of aldehydes is 1. The number of hydrogen-bond acceptors (Lipinski definition) is 21. The zero-order chi connectivity index (χ0) is 64.6. The quantitative estimate of drug-likeness (QED) is 0.0274. The molecule has 0 aliphatic rings. The third kappa shape index (κ3) is 15.0. The minimum Gasteiger partial charge on any atom is -0.492 e.